The minimum Gasteiger partial charge on any atom is -0.507 e. The molecule has 0 heterocycles. The number of fused-ring (bicyclic) bond motifs is 2. The highest BCUT2D eigenvalue weighted by Crippen LogP contribution is 2.45. The average molecular weight is 300 g/mol. The average Bonchev–Trinajstić information content (AvgIpc) is 2.60. The topological polar surface area (TPSA) is 40.5 Å². The monoisotopic (exact) mass is 300 g/mol. The number of benzene rings is 4. The van der Waals surface area contributed by atoms with Crippen LogP contribution in [0.5, 0.6) is 11.5 Å². The van der Waals surface area contributed by atoms with Crippen molar-refractivity contribution in [2.45, 2.75) is 6.92 Å². The van der Waals surface area contributed by atoms with Gasteiger partial charge >= 0.3 is 0 Å². The first kappa shape index (κ1) is 13.6. The van der Waals surface area contributed by atoms with Gasteiger partial charge < -0.3 is 10.2 Å². The summed E-state index contributed by atoms with van der Waals surface area (Å²) in [5, 5.41) is 24.1. The molecule has 0 radical (unpaired) electrons. The van der Waals surface area contributed by atoms with Crippen LogP contribution in [0.25, 0.3) is 32.7 Å². The number of aromatic hydroxyl groups is 2. The Bertz CT molecular complexity index is 1030. The van der Waals surface area contributed by atoms with E-state index in [2.05, 4.69) is 0 Å². The zero-order valence-corrected chi connectivity index (χ0v) is 12.7. The summed E-state index contributed by atoms with van der Waals surface area (Å²) >= 11 is 0. The van der Waals surface area contributed by atoms with Crippen molar-refractivity contribution in [2.75, 3.05) is 0 Å². The van der Waals surface area contributed by atoms with Crippen LogP contribution in [0.1, 0.15) is 5.56 Å². The molecule has 112 valence electrons. The summed E-state index contributed by atoms with van der Waals surface area (Å²) in [4.78, 5) is 0. The Morgan fingerprint density at radius 3 is 1.91 bits per heavy atom. The van der Waals surface area contributed by atoms with E-state index in [1.807, 2.05) is 73.7 Å². The number of phenolic OH excluding ortho intramolecular Hbond substituents is 2. The summed E-state index contributed by atoms with van der Waals surface area (Å²) in [5.41, 5.74) is 3.12. The van der Waals surface area contributed by atoms with Crippen molar-refractivity contribution in [1.29, 1.82) is 0 Å². The highest BCUT2D eigenvalue weighted by molar-refractivity contribution is 6.15. The van der Waals surface area contributed by atoms with Gasteiger partial charge in [0, 0.05) is 21.5 Å². The maximum absolute atomic E-state index is 10.8. The molecule has 0 unspecified atom stereocenters. The molecule has 0 saturated heterocycles. The van der Waals surface area contributed by atoms with Crippen molar-refractivity contribution in [3.63, 3.8) is 0 Å². The van der Waals surface area contributed by atoms with Gasteiger partial charge in [-0.25, -0.2) is 0 Å². The molecule has 0 amide bonds. The van der Waals surface area contributed by atoms with Gasteiger partial charge in [-0.1, -0.05) is 72.3 Å². The minimum atomic E-state index is 0.211. The maximum Gasteiger partial charge on any atom is 0.132 e. The van der Waals surface area contributed by atoms with Crippen molar-refractivity contribution in [2.24, 2.45) is 0 Å². The third-order valence-corrected chi connectivity index (χ3v) is 4.36. The number of hydrogen-bond donors (Lipinski definition) is 2. The van der Waals surface area contributed by atoms with Gasteiger partial charge in [0.2, 0.25) is 0 Å². The van der Waals surface area contributed by atoms with Gasteiger partial charge in [-0.3, -0.25) is 0 Å². The lowest BCUT2D eigenvalue weighted by molar-refractivity contribution is 0.478. The lowest BCUT2D eigenvalue weighted by atomic mass is 9.93. The SMILES string of the molecule is Cc1ccc(-c2cccc3c(O)c4ccccc4c(O)c23)cc1. The molecule has 0 saturated carbocycles. The number of rotatable bonds is 1. The first-order chi connectivity index (χ1) is 11.2. The van der Waals surface area contributed by atoms with Gasteiger partial charge in [-0.2, -0.15) is 0 Å². The summed E-state index contributed by atoms with van der Waals surface area (Å²) < 4.78 is 0. The largest absolute Gasteiger partial charge is 0.507 e. The normalized spacial score (nSPS) is 11.2. The van der Waals surface area contributed by atoms with Crippen LogP contribution in [0.4, 0.5) is 0 Å². The van der Waals surface area contributed by atoms with E-state index >= 15 is 0 Å². The quantitative estimate of drug-likeness (QED) is 0.366. The molecule has 2 nitrogen and oxygen atoms in total. The molecule has 2 heteroatoms. The summed E-state index contributed by atoms with van der Waals surface area (Å²) in [7, 11) is 0. The highest BCUT2D eigenvalue weighted by atomic mass is 16.3. The molecule has 4 aromatic carbocycles. The molecule has 0 atom stereocenters. The lowest BCUT2D eigenvalue weighted by Crippen LogP contribution is -1.86. The predicted molar refractivity (Wildman–Crippen MR) is 95.0 cm³/mol. The van der Waals surface area contributed by atoms with Gasteiger partial charge in [0.05, 0.1) is 0 Å². The van der Waals surface area contributed by atoms with Crippen LogP contribution in [0.2, 0.25) is 0 Å². The molecule has 0 aliphatic carbocycles. The van der Waals surface area contributed by atoms with Crippen LogP contribution in [-0.2, 0) is 0 Å². The third-order valence-electron chi connectivity index (χ3n) is 4.36. The fourth-order valence-electron chi connectivity index (χ4n) is 3.15. The molecule has 0 aliphatic rings. The molecule has 2 N–H and O–H groups in total. The van der Waals surface area contributed by atoms with E-state index in [0.29, 0.717) is 21.5 Å². The van der Waals surface area contributed by atoms with Crippen LogP contribution < -0.4 is 0 Å². The van der Waals surface area contributed by atoms with Crippen molar-refractivity contribution in [1.82, 2.24) is 0 Å². The van der Waals surface area contributed by atoms with Gasteiger partial charge in [0.25, 0.3) is 0 Å². The Hall–Kier alpha value is -3.00. The number of hydrogen-bond acceptors (Lipinski definition) is 2. The Morgan fingerprint density at radius 2 is 1.22 bits per heavy atom. The number of phenols is 2. The zero-order valence-electron chi connectivity index (χ0n) is 12.7. The van der Waals surface area contributed by atoms with Crippen LogP contribution in [0.15, 0.2) is 66.7 Å². The van der Waals surface area contributed by atoms with E-state index in [4.69, 9.17) is 0 Å². The second kappa shape index (κ2) is 5.03. The van der Waals surface area contributed by atoms with E-state index in [9.17, 15) is 10.2 Å². The van der Waals surface area contributed by atoms with Gasteiger partial charge in [-0.15, -0.1) is 0 Å². The lowest BCUT2D eigenvalue weighted by Gasteiger charge is -2.13. The van der Waals surface area contributed by atoms with Crippen LogP contribution in [0.3, 0.4) is 0 Å². The standard InChI is InChI=1S/C21H16O2/c1-13-9-11-14(12-10-13)15-7-4-8-18-19(15)21(23)17-6-3-2-5-16(17)20(18)22/h2-12,22-23H,1H3. The minimum absolute atomic E-state index is 0.211. The van der Waals surface area contributed by atoms with E-state index in [0.717, 1.165) is 11.1 Å². The molecule has 0 fully saturated rings. The van der Waals surface area contributed by atoms with Gasteiger partial charge in [-0.05, 0) is 18.1 Å². The van der Waals surface area contributed by atoms with E-state index < -0.39 is 0 Å². The van der Waals surface area contributed by atoms with Crippen LogP contribution in [0, 0.1) is 6.92 Å². The first-order valence-electron chi connectivity index (χ1n) is 7.59. The first-order valence-corrected chi connectivity index (χ1v) is 7.59. The highest BCUT2D eigenvalue weighted by Gasteiger charge is 2.15. The predicted octanol–water partition coefficient (Wildman–Crippen LogP) is 5.38. The fraction of sp³-hybridized carbons (Fsp3) is 0.0476. The molecular weight excluding hydrogens is 284 g/mol. The molecule has 0 spiro atoms. The summed E-state index contributed by atoms with van der Waals surface area (Å²) in [6.45, 7) is 2.05. The molecule has 4 rings (SSSR count). The second-order valence-corrected chi connectivity index (χ2v) is 5.84. The Kier molecular flexibility index (Phi) is 2.98. The Balaban J connectivity index is 2.17. The smallest absolute Gasteiger partial charge is 0.132 e. The van der Waals surface area contributed by atoms with E-state index in [-0.39, 0.29) is 11.5 Å². The van der Waals surface area contributed by atoms with Crippen molar-refractivity contribution in [3.8, 4) is 22.6 Å². The summed E-state index contributed by atoms with van der Waals surface area (Å²) in [6.07, 6.45) is 0. The molecule has 4 aromatic rings. The molecule has 0 aromatic heterocycles. The van der Waals surface area contributed by atoms with Gasteiger partial charge in [0.1, 0.15) is 11.5 Å². The zero-order chi connectivity index (χ0) is 16.0. The van der Waals surface area contributed by atoms with Crippen molar-refractivity contribution < 1.29 is 10.2 Å². The fourth-order valence-corrected chi connectivity index (χ4v) is 3.15. The van der Waals surface area contributed by atoms with Gasteiger partial charge in [0.15, 0.2) is 0 Å². The Morgan fingerprint density at radius 1 is 0.609 bits per heavy atom. The van der Waals surface area contributed by atoms with Crippen LogP contribution >= 0.6 is 0 Å². The van der Waals surface area contributed by atoms with E-state index in [1.54, 1.807) is 0 Å². The summed E-state index contributed by atoms with van der Waals surface area (Å²) in [5.74, 6) is 0.423. The molecule has 0 aliphatic heterocycles. The van der Waals surface area contributed by atoms with Crippen LogP contribution in [-0.4, -0.2) is 10.2 Å². The molecular formula is C21H16O2. The second-order valence-electron chi connectivity index (χ2n) is 5.84. The summed E-state index contributed by atoms with van der Waals surface area (Å²) in [6, 6.07) is 21.3. The molecule has 23 heavy (non-hydrogen) atoms. The maximum atomic E-state index is 10.8. The molecule has 0 bridgehead atoms. The van der Waals surface area contributed by atoms with Crippen molar-refractivity contribution in [3.05, 3.63) is 72.3 Å². The van der Waals surface area contributed by atoms with Crippen molar-refractivity contribution >= 4 is 21.5 Å². The Labute approximate surface area is 134 Å². The number of aryl methyl sites for hydroxylation is 1. The third kappa shape index (κ3) is 2.03. The van der Waals surface area contributed by atoms with E-state index in [1.165, 1.54) is 5.56 Å².